The summed E-state index contributed by atoms with van der Waals surface area (Å²) in [7, 11) is 0. The topological polar surface area (TPSA) is 76.8 Å². The fourth-order valence-electron chi connectivity index (χ4n) is 1.86. The molecule has 6 nitrogen and oxygen atoms in total. The van der Waals surface area contributed by atoms with Crippen LogP contribution in [-0.4, -0.2) is 69.0 Å². The number of nitrogens with two attached hydrogens (primary N) is 1. The minimum atomic E-state index is -0.349. The number of rotatable bonds is 13. The van der Waals surface area contributed by atoms with Gasteiger partial charge in [0.15, 0.2) is 0 Å². The summed E-state index contributed by atoms with van der Waals surface area (Å²) in [6, 6.07) is -0.133. The second-order valence-corrected chi connectivity index (χ2v) is 4.97. The van der Waals surface area contributed by atoms with Crippen LogP contribution < -0.4 is 11.1 Å². The lowest BCUT2D eigenvalue weighted by molar-refractivity contribution is -0.120. The van der Waals surface area contributed by atoms with Crippen molar-refractivity contribution >= 4 is 5.91 Å². The van der Waals surface area contributed by atoms with Crippen molar-refractivity contribution in [3.8, 4) is 0 Å². The average Bonchev–Trinajstić information content (AvgIpc) is 2.37. The van der Waals surface area contributed by atoms with Gasteiger partial charge in [-0.2, -0.15) is 0 Å². The maximum Gasteiger partial charge on any atom is 0.235 e. The first-order chi connectivity index (χ1) is 9.51. The summed E-state index contributed by atoms with van der Waals surface area (Å²) in [6.07, 6.45) is 0. The Balaban J connectivity index is 4.35. The van der Waals surface area contributed by atoms with Gasteiger partial charge in [-0.25, -0.2) is 0 Å². The van der Waals surface area contributed by atoms with E-state index in [-0.39, 0.29) is 18.0 Å². The highest BCUT2D eigenvalue weighted by Gasteiger charge is 2.19. The Morgan fingerprint density at radius 2 is 1.65 bits per heavy atom. The van der Waals surface area contributed by atoms with E-state index in [4.69, 9.17) is 15.2 Å². The van der Waals surface area contributed by atoms with Gasteiger partial charge in [-0.05, 0) is 13.8 Å². The lowest BCUT2D eigenvalue weighted by Crippen LogP contribution is -2.52. The van der Waals surface area contributed by atoms with E-state index in [1.54, 1.807) is 0 Å². The summed E-state index contributed by atoms with van der Waals surface area (Å²) in [5, 5.41) is 3.19. The van der Waals surface area contributed by atoms with Gasteiger partial charge in [0.05, 0.1) is 19.3 Å². The minimum Gasteiger partial charge on any atom is -0.380 e. The van der Waals surface area contributed by atoms with Gasteiger partial charge < -0.3 is 20.5 Å². The zero-order chi connectivity index (χ0) is 15.4. The quantitative estimate of drug-likeness (QED) is 0.474. The molecule has 0 aromatic rings. The molecule has 0 radical (unpaired) electrons. The highest BCUT2D eigenvalue weighted by atomic mass is 16.5. The van der Waals surface area contributed by atoms with Gasteiger partial charge in [-0.3, -0.25) is 9.69 Å². The van der Waals surface area contributed by atoms with Crippen LogP contribution in [0.4, 0.5) is 0 Å². The second-order valence-electron chi connectivity index (χ2n) is 4.97. The first-order valence-electron chi connectivity index (χ1n) is 7.44. The predicted octanol–water partition coefficient (Wildman–Crippen LogP) is 0.213. The van der Waals surface area contributed by atoms with Crippen LogP contribution in [0, 0.1) is 0 Å². The smallest absolute Gasteiger partial charge is 0.235 e. The van der Waals surface area contributed by atoms with E-state index in [1.165, 1.54) is 0 Å². The summed E-state index contributed by atoms with van der Waals surface area (Å²) >= 11 is 0. The second kappa shape index (κ2) is 12.1. The van der Waals surface area contributed by atoms with Gasteiger partial charge in [0.25, 0.3) is 0 Å². The van der Waals surface area contributed by atoms with E-state index in [0.29, 0.717) is 33.0 Å². The number of primary amides is 1. The van der Waals surface area contributed by atoms with Crippen LogP contribution in [0.15, 0.2) is 0 Å². The van der Waals surface area contributed by atoms with Gasteiger partial charge in [0, 0.05) is 38.9 Å². The van der Waals surface area contributed by atoms with Crippen LogP contribution in [0.2, 0.25) is 0 Å². The molecule has 0 saturated heterocycles. The molecule has 1 amide bonds. The fraction of sp³-hybridized carbons (Fsp3) is 0.929. The number of ether oxygens (including phenoxy) is 2. The summed E-state index contributed by atoms with van der Waals surface area (Å²) in [5.74, 6) is -0.323. The molecule has 0 fully saturated rings. The number of nitrogens with zero attached hydrogens (tertiary/aromatic N) is 1. The van der Waals surface area contributed by atoms with Crippen molar-refractivity contribution in [2.24, 2.45) is 5.73 Å². The zero-order valence-corrected chi connectivity index (χ0v) is 13.4. The van der Waals surface area contributed by atoms with Crippen molar-refractivity contribution in [2.75, 3.05) is 46.1 Å². The largest absolute Gasteiger partial charge is 0.380 e. The first-order valence-corrected chi connectivity index (χ1v) is 7.44. The Kier molecular flexibility index (Phi) is 11.7. The molecular weight excluding hydrogens is 258 g/mol. The van der Waals surface area contributed by atoms with E-state index in [0.717, 1.165) is 13.1 Å². The third kappa shape index (κ3) is 10.1. The van der Waals surface area contributed by atoms with Crippen LogP contribution in [0.1, 0.15) is 27.7 Å². The molecule has 3 N–H and O–H groups in total. The molecule has 20 heavy (non-hydrogen) atoms. The first kappa shape index (κ1) is 19.3. The number of amides is 1. The zero-order valence-electron chi connectivity index (χ0n) is 13.4. The van der Waals surface area contributed by atoms with Gasteiger partial charge in [0.2, 0.25) is 5.91 Å². The van der Waals surface area contributed by atoms with Crippen LogP contribution in [0.3, 0.4) is 0 Å². The van der Waals surface area contributed by atoms with Crippen LogP contribution in [0.25, 0.3) is 0 Å². The molecule has 0 bridgehead atoms. The Labute approximate surface area is 123 Å². The SMILES string of the molecule is CCOCCN(CCOCC)CC(NC(C)C)C(N)=O. The van der Waals surface area contributed by atoms with Crippen LogP contribution >= 0.6 is 0 Å². The molecule has 0 aliphatic heterocycles. The van der Waals surface area contributed by atoms with E-state index in [9.17, 15) is 4.79 Å². The van der Waals surface area contributed by atoms with Gasteiger partial charge in [-0.15, -0.1) is 0 Å². The molecule has 0 saturated carbocycles. The maximum absolute atomic E-state index is 11.5. The van der Waals surface area contributed by atoms with Crippen LogP contribution in [0.5, 0.6) is 0 Å². The van der Waals surface area contributed by atoms with E-state index in [1.807, 2.05) is 27.7 Å². The normalized spacial score (nSPS) is 13.1. The van der Waals surface area contributed by atoms with Crippen molar-refractivity contribution in [2.45, 2.75) is 39.8 Å². The van der Waals surface area contributed by atoms with Crippen LogP contribution in [-0.2, 0) is 14.3 Å². The summed E-state index contributed by atoms with van der Waals surface area (Å²) in [5.41, 5.74) is 5.45. The highest BCUT2D eigenvalue weighted by molar-refractivity contribution is 5.80. The molecule has 120 valence electrons. The lowest BCUT2D eigenvalue weighted by atomic mass is 10.2. The summed E-state index contributed by atoms with van der Waals surface area (Å²) < 4.78 is 10.7. The van der Waals surface area contributed by atoms with Gasteiger partial charge in [0.1, 0.15) is 0 Å². The number of carbonyl (C=O) groups is 1. The molecule has 1 atom stereocenters. The third-order valence-corrected chi connectivity index (χ3v) is 2.83. The molecule has 0 aliphatic carbocycles. The molecule has 0 aromatic carbocycles. The average molecular weight is 289 g/mol. The molecule has 6 heteroatoms. The van der Waals surface area contributed by atoms with Gasteiger partial charge >= 0.3 is 0 Å². The number of carbonyl (C=O) groups excluding carboxylic acids is 1. The van der Waals surface area contributed by atoms with E-state index in [2.05, 4.69) is 10.2 Å². The van der Waals surface area contributed by atoms with Crippen molar-refractivity contribution in [3.63, 3.8) is 0 Å². The number of hydrogen-bond donors (Lipinski definition) is 2. The molecular formula is C14H31N3O3. The molecule has 0 rings (SSSR count). The Morgan fingerprint density at radius 1 is 1.15 bits per heavy atom. The van der Waals surface area contributed by atoms with E-state index >= 15 is 0 Å². The minimum absolute atomic E-state index is 0.216. The summed E-state index contributed by atoms with van der Waals surface area (Å²) in [4.78, 5) is 13.6. The standard InChI is InChI=1S/C14H31N3O3/c1-5-19-9-7-17(8-10-20-6-2)11-13(14(15)18)16-12(3)4/h12-13,16H,5-11H2,1-4H3,(H2,15,18). The predicted molar refractivity (Wildman–Crippen MR) is 80.7 cm³/mol. The van der Waals surface area contributed by atoms with Crippen molar-refractivity contribution in [1.82, 2.24) is 10.2 Å². The Bertz CT molecular complexity index is 240. The van der Waals surface area contributed by atoms with E-state index < -0.39 is 0 Å². The molecule has 0 aliphatic rings. The Morgan fingerprint density at radius 3 is 2.00 bits per heavy atom. The molecule has 1 unspecified atom stereocenters. The summed E-state index contributed by atoms with van der Waals surface area (Å²) in [6.45, 7) is 12.7. The Hall–Kier alpha value is -0.690. The number of nitrogens with one attached hydrogen (secondary N) is 1. The monoisotopic (exact) mass is 289 g/mol. The fourth-order valence-corrected chi connectivity index (χ4v) is 1.86. The maximum atomic E-state index is 11.5. The van der Waals surface area contributed by atoms with Gasteiger partial charge in [-0.1, -0.05) is 13.8 Å². The lowest BCUT2D eigenvalue weighted by Gasteiger charge is -2.27. The molecule has 0 spiro atoms. The number of hydrogen-bond acceptors (Lipinski definition) is 5. The molecule has 0 aromatic heterocycles. The third-order valence-electron chi connectivity index (χ3n) is 2.83. The highest BCUT2D eigenvalue weighted by Crippen LogP contribution is 1.96. The molecule has 0 heterocycles. The van der Waals surface area contributed by atoms with Crippen molar-refractivity contribution in [1.29, 1.82) is 0 Å². The van der Waals surface area contributed by atoms with Crippen molar-refractivity contribution in [3.05, 3.63) is 0 Å². The van der Waals surface area contributed by atoms with Crippen molar-refractivity contribution < 1.29 is 14.3 Å².